The molecular formula is C40H51NO20. The first kappa shape index (κ1) is 46.5. The van der Waals surface area contributed by atoms with Crippen molar-refractivity contribution in [3.63, 3.8) is 0 Å². The van der Waals surface area contributed by atoms with Gasteiger partial charge in [0.1, 0.15) is 67.1 Å². The lowest BCUT2D eigenvalue weighted by atomic mass is 9.94. The van der Waals surface area contributed by atoms with E-state index in [0.717, 1.165) is 4.90 Å². The summed E-state index contributed by atoms with van der Waals surface area (Å²) in [5.74, 6) is -3.09. The number of amides is 2. The van der Waals surface area contributed by atoms with E-state index in [2.05, 4.69) is 4.74 Å². The first-order valence-electron chi connectivity index (χ1n) is 19.8. The summed E-state index contributed by atoms with van der Waals surface area (Å²) in [4.78, 5) is 54.2. The van der Waals surface area contributed by atoms with Gasteiger partial charge in [0.15, 0.2) is 25.0 Å². The van der Waals surface area contributed by atoms with Crippen molar-refractivity contribution in [3.05, 3.63) is 71.3 Å². The third kappa shape index (κ3) is 9.95. The van der Waals surface area contributed by atoms with Gasteiger partial charge in [-0.2, -0.15) is 0 Å². The number of benzene rings is 2. The van der Waals surface area contributed by atoms with E-state index in [1.54, 1.807) is 6.07 Å². The second kappa shape index (κ2) is 20.9. The van der Waals surface area contributed by atoms with Crippen molar-refractivity contribution in [1.82, 2.24) is 4.90 Å². The molecular weight excluding hydrogens is 814 g/mol. The highest BCUT2D eigenvalue weighted by molar-refractivity contribution is 6.21. The summed E-state index contributed by atoms with van der Waals surface area (Å²) in [5, 5.41) is 85.7. The van der Waals surface area contributed by atoms with Crippen LogP contribution in [0.25, 0.3) is 0 Å². The SMILES string of the molecule is COC(=O)CCCCCO[C@@H]1O[C@H](CO)[C@@H](O)[C@H](O[C@@H]2O[C@H](CO)[C@H](O)[C@H](O[C@H]3O[C@H](CO)[C@H](O)[C@H](O)[C@H]3O)[C@H]2OC(=O)c2ccccc2)[C@H]1N1C(=O)c2ccccc2C1=O. The Morgan fingerprint density at radius 3 is 1.77 bits per heavy atom. The maximum Gasteiger partial charge on any atom is 0.338 e. The predicted octanol–water partition coefficient (Wildman–Crippen LogP) is -2.65. The van der Waals surface area contributed by atoms with E-state index in [9.17, 15) is 60.0 Å². The normalized spacial score (nSPS) is 35.2. The van der Waals surface area contributed by atoms with Gasteiger partial charge in [-0.05, 0) is 37.1 Å². The summed E-state index contributed by atoms with van der Waals surface area (Å²) >= 11 is 0. The second-order valence-corrected chi connectivity index (χ2v) is 14.8. The minimum absolute atomic E-state index is 0.00613. The van der Waals surface area contributed by atoms with E-state index < -0.39 is 136 Å². The van der Waals surface area contributed by atoms with Crippen LogP contribution < -0.4 is 0 Å². The zero-order valence-corrected chi connectivity index (χ0v) is 32.9. The highest BCUT2D eigenvalue weighted by Gasteiger charge is 2.58. The van der Waals surface area contributed by atoms with E-state index >= 15 is 0 Å². The fourth-order valence-electron chi connectivity index (χ4n) is 7.64. The minimum Gasteiger partial charge on any atom is -0.469 e. The third-order valence-electron chi connectivity index (χ3n) is 11.0. The molecule has 3 fully saturated rings. The van der Waals surface area contributed by atoms with Gasteiger partial charge in [0, 0.05) is 13.0 Å². The molecule has 0 saturated carbocycles. The molecule has 0 bridgehead atoms. The zero-order chi connectivity index (χ0) is 44.0. The highest BCUT2D eigenvalue weighted by Crippen LogP contribution is 2.38. The van der Waals surface area contributed by atoms with Gasteiger partial charge in [-0.15, -0.1) is 0 Å². The topological polar surface area (TPSA) is 307 Å². The molecule has 61 heavy (non-hydrogen) atoms. The number of unbranched alkanes of at least 4 members (excludes halogenated alkanes) is 2. The van der Waals surface area contributed by atoms with Crippen molar-refractivity contribution in [2.45, 2.75) is 118 Å². The van der Waals surface area contributed by atoms with E-state index in [-0.39, 0.29) is 29.7 Å². The van der Waals surface area contributed by atoms with Gasteiger partial charge in [0.25, 0.3) is 11.8 Å². The van der Waals surface area contributed by atoms with Crippen molar-refractivity contribution >= 4 is 23.8 Å². The Labute approximate surface area is 348 Å². The molecule has 4 aliphatic rings. The summed E-state index contributed by atoms with van der Waals surface area (Å²) in [6, 6.07) is 11.7. The fourth-order valence-corrected chi connectivity index (χ4v) is 7.64. The number of methoxy groups -OCH3 is 1. The Kier molecular flexibility index (Phi) is 15.9. The first-order chi connectivity index (χ1) is 29.3. The van der Waals surface area contributed by atoms with Crippen LogP contribution in [0.5, 0.6) is 0 Å². The van der Waals surface area contributed by atoms with Gasteiger partial charge in [-0.1, -0.05) is 36.8 Å². The average Bonchev–Trinajstić information content (AvgIpc) is 3.52. The van der Waals surface area contributed by atoms with Crippen LogP contribution in [0.1, 0.15) is 56.8 Å². The summed E-state index contributed by atoms with van der Waals surface area (Å²) in [7, 11) is 1.27. The quantitative estimate of drug-likeness (QED) is 0.0458. The Morgan fingerprint density at radius 1 is 0.623 bits per heavy atom. The Bertz CT molecular complexity index is 1770. The van der Waals surface area contributed by atoms with Crippen LogP contribution in [-0.2, 0) is 42.7 Å². The highest BCUT2D eigenvalue weighted by atomic mass is 16.8. The predicted molar refractivity (Wildman–Crippen MR) is 200 cm³/mol. The molecule has 3 saturated heterocycles. The van der Waals surface area contributed by atoms with Crippen molar-refractivity contribution in [2.24, 2.45) is 0 Å². The molecule has 21 heteroatoms. The first-order valence-corrected chi connectivity index (χ1v) is 19.8. The molecule has 4 heterocycles. The van der Waals surface area contributed by atoms with Crippen LogP contribution in [0.15, 0.2) is 54.6 Å². The van der Waals surface area contributed by atoms with Gasteiger partial charge < -0.3 is 78.7 Å². The molecule has 15 atom stereocenters. The molecule has 0 spiro atoms. The molecule has 0 radical (unpaired) electrons. The molecule has 0 aromatic heterocycles. The van der Waals surface area contributed by atoms with Crippen LogP contribution in [0, 0.1) is 0 Å². The Balaban J connectivity index is 1.37. The number of aliphatic hydroxyl groups is 8. The Morgan fingerprint density at radius 2 is 1.16 bits per heavy atom. The lowest BCUT2D eigenvalue weighted by Crippen LogP contribution is -2.69. The number of hydrogen-bond donors (Lipinski definition) is 8. The van der Waals surface area contributed by atoms with E-state index in [0.29, 0.717) is 19.3 Å². The van der Waals surface area contributed by atoms with Gasteiger partial charge >= 0.3 is 11.9 Å². The van der Waals surface area contributed by atoms with Crippen LogP contribution in [0.3, 0.4) is 0 Å². The van der Waals surface area contributed by atoms with Gasteiger partial charge in [-0.3, -0.25) is 19.3 Å². The van der Waals surface area contributed by atoms with Crippen molar-refractivity contribution in [3.8, 4) is 0 Å². The zero-order valence-electron chi connectivity index (χ0n) is 32.9. The maximum atomic E-state index is 14.1. The number of esters is 2. The van der Waals surface area contributed by atoms with Crippen LogP contribution >= 0.6 is 0 Å². The maximum absolute atomic E-state index is 14.1. The minimum atomic E-state index is -2.01. The molecule has 0 unspecified atom stereocenters. The number of fused-ring (bicyclic) bond motifs is 1. The number of imide groups is 1. The van der Waals surface area contributed by atoms with Crippen molar-refractivity contribution in [1.29, 1.82) is 0 Å². The van der Waals surface area contributed by atoms with E-state index in [1.807, 2.05) is 0 Å². The van der Waals surface area contributed by atoms with E-state index in [4.69, 9.17) is 33.2 Å². The summed E-state index contributed by atoms with van der Waals surface area (Å²) < 4.78 is 46.4. The molecule has 21 nitrogen and oxygen atoms in total. The molecule has 6 rings (SSSR count). The lowest BCUT2D eigenvalue weighted by molar-refractivity contribution is -0.375. The molecule has 0 aliphatic carbocycles. The number of ether oxygens (including phenoxy) is 8. The number of carbonyl (C=O) groups is 4. The van der Waals surface area contributed by atoms with Crippen molar-refractivity contribution in [2.75, 3.05) is 33.5 Å². The fraction of sp³-hybridized carbons (Fsp3) is 0.600. The monoisotopic (exact) mass is 865 g/mol. The van der Waals surface area contributed by atoms with Gasteiger partial charge in [-0.25, -0.2) is 4.79 Å². The Hall–Kier alpha value is -4.04. The molecule has 4 aliphatic heterocycles. The van der Waals surface area contributed by atoms with E-state index in [1.165, 1.54) is 55.6 Å². The molecule has 2 aromatic carbocycles. The summed E-state index contributed by atoms with van der Waals surface area (Å²) in [6.45, 7) is -2.69. The van der Waals surface area contributed by atoms with Crippen LogP contribution in [0.2, 0.25) is 0 Å². The van der Waals surface area contributed by atoms with Crippen molar-refractivity contribution < 1.29 is 97.9 Å². The largest absolute Gasteiger partial charge is 0.469 e. The average molecular weight is 866 g/mol. The lowest BCUT2D eigenvalue weighted by Gasteiger charge is -2.50. The summed E-state index contributed by atoms with van der Waals surface area (Å²) in [6.07, 6.45) is -23.9. The van der Waals surface area contributed by atoms with Gasteiger partial charge in [0.05, 0.1) is 43.6 Å². The number of aliphatic hydroxyl groups excluding tert-OH is 8. The molecule has 2 aromatic rings. The number of hydrogen-bond acceptors (Lipinski definition) is 20. The van der Waals surface area contributed by atoms with Crippen LogP contribution in [0.4, 0.5) is 0 Å². The number of nitrogens with zero attached hydrogens (tertiary/aromatic N) is 1. The molecule has 8 N–H and O–H groups in total. The number of carbonyl (C=O) groups excluding carboxylic acids is 4. The smallest absolute Gasteiger partial charge is 0.338 e. The van der Waals surface area contributed by atoms with Crippen LogP contribution in [-0.4, -0.2) is 195 Å². The number of rotatable bonds is 17. The third-order valence-corrected chi connectivity index (χ3v) is 11.0. The molecule has 336 valence electrons. The molecule has 2 amide bonds. The second-order valence-electron chi connectivity index (χ2n) is 14.8. The van der Waals surface area contributed by atoms with Gasteiger partial charge in [0.2, 0.25) is 0 Å². The summed E-state index contributed by atoms with van der Waals surface area (Å²) in [5.41, 5.74) is 0.000241. The standard InChI is InChI=1S/C40H51NO20/c1-54-25(45)14-6-3-9-15-55-38-26(41-35(51)20-12-7-8-13-21(20)36(41)52)32(28(47)23(17-43)56-38)60-40-34(59-37(53)19-10-4-2-5-11-19)33(29(48)24(18-44)58-40)61-39-31(50)30(49)27(46)22(16-42)57-39/h2,4-5,7-8,10-13,22-24,26-34,38-40,42-44,46-50H,3,6,9,14-18H2,1H3/t22-,23-,24-,26-,27+,28-,29+,30+,31-,32-,33+,34-,38-,39-,40+/m1/s1.